The van der Waals surface area contributed by atoms with Crippen LogP contribution in [0.15, 0.2) is 65.4 Å². The van der Waals surface area contributed by atoms with Gasteiger partial charge in [0.05, 0.1) is 18.3 Å². The lowest BCUT2D eigenvalue weighted by Crippen LogP contribution is -3.08. The minimum atomic E-state index is -0.375. The van der Waals surface area contributed by atoms with Gasteiger partial charge in [-0.2, -0.15) is 11.3 Å². The number of hydrogen-bond acceptors (Lipinski definition) is 3. The molecule has 3 aromatic rings. The topological polar surface area (TPSA) is 62.6 Å². The van der Waals surface area contributed by atoms with Crippen LogP contribution in [-0.4, -0.2) is 25.4 Å². The molecule has 3 rings (SSSR count). The highest BCUT2D eigenvalue weighted by molar-refractivity contribution is 7.07. The van der Waals surface area contributed by atoms with Crippen LogP contribution in [-0.2, 0) is 11.3 Å². The van der Waals surface area contributed by atoms with Crippen molar-refractivity contribution in [1.82, 2.24) is 0 Å². The Morgan fingerprint density at radius 1 is 1.04 bits per heavy atom. The SMILES string of the molecule is C[NH+](CC(=O)Nc1ccccc1C(=O)Nc1ccc(F)cc1)Cc1ccsc1. The van der Waals surface area contributed by atoms with Gasteiger partial charge in [-0.05, 0) is 53.2 Å². The zero-order valence-electron chi connectivity index (χ0n) is 15.4. The van der Waals surface area contributed by atoms with Gasteiger partial charge >= 0.3 is 0 Å². The maximum atomic E-state index is 13.0. The van der Waals surface area contributed by atoms with E-state index in [1.165, 1.54) is 29.8 Å². The number of benzene rings is 2. The van der Waals surface area contributed by atoms with Crippen LogP contribution in [0.4, 0.5) is 15.8 Å². The van der Waals surface area contributed by atoms with E-state index in [-0.39, 0.29) is 24.2 Å². The van der Waals surface area contributed by atoms with Crippen molar-refractivity contribution >= 4 is 34.5 Å². The Hall–Kier alpha value is -3.03. The lowest BCUT2D eigenvalue weighted by Gasteiger charge is -2.15. The van der Waals surface area contributed by atoms with Gasteiger partial charge < -0.3 is 15.5 Å². The number of anilines is 2. The lowest BCUT2D eigenvalue weighted by molar-refractivity contribution is -0.885. The molecule has 1 unspecified atom stereocenters. The number of quaternary nitrogens is 1. The summed E-state index contributed by atoms with van der Waals surface area (Å²) in [6.07, 6.45) is 0. The quantitative estimate of drug-likeness (QED) is 0.573. The number of hydrogen-bond donors (Lipinski definition) is 3. The van der Waals surface area contributed by atoms with Crippen LogP contribution in [0.5, 0.6) is 0 Å². The Labute approximate surface area is 166 Å². The molecule has 0 saturated carbocycles. The van der Waals surface area contributed by atoms with Crippen LogP contribution in [0.25, 0.3) is 0 Å². The molecule has 144 valence electrons. The van der Waals surface area contributed by atoms with Crippen LogP contribution in [0.2, 0.25) is 0 Å². The molecule has 0 aliphatic heterocycles. The van der Waals surface area contributed by atoms with E-state index in [1.807, 2.05) is 18.5 Å². The van der Waals surface area contributed by atoms with Gasteiger partial charge in [-0.25, -0.2) is 4.39 Å². The molecular weight excluding hydrogens is 377 g/mol. The number of thiophene rings is 1. The molecule has 0 spiro atoms. The van der Waals surface area contributed by atoms with E-state index in [9.17, 15) is 14.0 Å². The van der Waals surface area contributed by atoms with Crippen molar-refractivity contribution in [2.45, 2.75) is 6.54 Å². The number of amides is 2. The predicted molar refractivity (Wildman–Crippen MR) is 109 cm³/mol. The Kier molecular flexibility index (Phi) is 6.52. The number of rotatable bonds is 7. The molecule has 0 fully saturated rings. The third-order valence-electron chi connectivity index (χ3n) is 4.10. The van der Waals surface area contributed by atoms with Crippen molar-refractivity contribution < 1.29 is 18.9 Å². The van der Waals surface area contributed by atoms with Crippen LogP contribution in [0, 0.1) is 5.82 Å². The smallest absolute Gasteiger partial charge is 0.279 e. The van der Waals surface area contributed by atoms with Gasteiger partial charge in [0.25, 0.3) is 11.8 Å². The minimum Gasteiger partial charge on any atom is -0.326 e. The fourth-order valence-corrected chi connectivity index (χ4v) is 3.46. The highest BCUT2D eigenvalue weighted by Gasteiger charge is 2.16. The van der Waals surface area contributed by atoms with E-state index in [0.29, 0.717) is 16.9 Å². The first kappa shape index (κ1) is 19.7. The summed E-state index contributed by atoms with van der Waals surface area (Å²) in [6, 6.07) is 14.4. The molecule has 0 bridgehead atoms. The molecule has 2 amide bonds. The summed E-state index contributed by atoms with van der Waals surface area (Å²) in [6.45, 7) is 1.04. The van der Waals surface area contributed by atoms with Crippen LogP contribution in [0.1, 0.15) is 15.9 Å². The minimum absolute atomic E-state index is 0.172. The second-order valence-corrected chi connectivity index (χ2v) is 7.28. The molecule has 3 N–H and O–H groups in total. The fraction of sp³-hybridized carbons (Fsp3) is 0.143. The van der Waals surface area contributed by atoms with Crippen molar-refractivity contribution in [3.05, 3.63) is 82.3 Å². The number of likely N-dealkylation sites (N-methyl/N-ethyl adjacent to an activating group) is 1. The largest absolute Gasteiger partial charge is 0.326 e. The van der Waals surface area contributed by atoms with Gasteiger partial charge in [0.1, 0.15) is 12.4 Å². The molecule has 0 radical (unpaired) electrons. The number of halogens is 1. The zero-order valence-corrected chi connectivity index (χ0v) is 16.2. The van der Waals surface area contributed by atoms with Crippen LogP contribution < -0.4 is 15.5 Å². The molecular formula is C21H21FN3O2S+. The lowest BCUT2D eigenvalue weighted by atomic mass is 10.1. The molecule has 28 heavy (non-hydrogen) atoms. The monoisotopic (exact) mass is 398 g/mol. The van der Waals surface area contributed by atoms with E-state index >= 15 is 0 Å². The molecule has 5 nitrogen and oxygen atoms in total. The first-order chi connectivity index (χ1) is 13.5. The maximum absolute atomic E-state index is 13.0. The van der Waals surface area contributed by atoms with Gasteiger partial charge in [0, 0.05) is 11.3 Å². The Morgan fingerprint density at radius 3 is 2.50 bits per heavy atom. The molecule has 0 aliphatic carbocycles. The van der Waals surface area contributed by atoms with E-state index < -0.39 is 0 Å². The average molecular weight is 398 g/mol. The van der Waals surface area contributed by atoms with Crippen molar-refractivity contribution in [2.24, 2.45) is 0 Å². The van der Waals surface area contributed by atoms with Gasteiger partial charge in [-0.15, -0.1) is 0 Å². The summed E-state index contributed by atoms with van der Waals surface area (Å²) >= 11 is 1.63. The number of carbonyl (C=O) groups is 2. The van der Waals surface area contributed by atoms with Crippen LogP contribution in [0.3, 0.4) is 0 Å². The van der Waals surface area contributed by atoms with E-state index in [0.717, 1.165) is 11.4 Å². The summed E-state index contributed by atoms with van der Waals surface area (Å²) in [5, 5.41) is 9.61. The van der Waals surface area contributed by atoms with Crippen molar-refractivity contribution in [3.63, 3.8) is 0 Å². The summed E-state index contributed by atoms with van der Waals surface area (Å²) < 4.78 is 13.0. The summed E-state index contributed by atoms with van der Waals surface area (Å²) in [5.74, 6) is -0.920. The fourth-order valence-electron chi connectivity index (χ4n) is 2.79. The van der Waals surface area contributed by atoms with Gasteiger partial charge in [-0.3, -0.25) is 9.59 Å². The number of carbonyl (C=O) groups excluding carboxylic acids is 2. The standard InChI is InChI=1S/C21H20FN3O2S/c1-25(12-15-10-11-28-14-15)13-20(26)24-19-5-3-2-4-18(19)21(27)23-17-8-6-16(22)7-9-17/h2-11,14H,12-13H2,1H3,(H,23,27)(H,24,26)/p+1. The average Bonchev–Trinajstić information content (AvgIpc) is 3.16. The normalized spacial score (nSPS) is 11.6. The number of nitrogens with one attached hydrogen (secondary N) is 3. The van der Waals surface area contributed by atoms with Crippen LogP contribution >= 0.6 is 11.3 Å². The van der Waals surface area contributed by atoms with E-state index in [4.69, 9.17) is 0 Å². The first-order valence-corrected chi connectivity index (χ1v) is 9.74. The molecule has 2 aromatic carbocycles. The second kappa shape index (κ2) is 9.25. The molecule has 1 heterocycles. The molecule has 0 aliphatic rings. The maximum Gasteiger partial charge on any atom is 0.279 e. The van der Waals surface area contributed by atoms with Crippen molar-refractivity contribution in [3.8, 4) is 0 Å². The van der Waals surface area contributed by atoms with Gasteiger partial charge in [0.2, 0.25) is 0 Å². The van der Waals surface area contributed by atoms with Crippen molar-refractivity contribution in [1.29, 1.82) is 0 Å². The van der Waals surface area contributed by atoms with Gasteiger partial charge in [0.15, 0.2) is 6.54 Å². The third-order valence-corrected chi connectivity index (χ3v) is 4.83. The number of para-hydroxylation sites is 1. The summed E-state index contributed by atoms with van der Waals surface area (Å²) in [4.78, 5) is 26.0. The Bertz CT molecular complexity index is 943. The third kappa shape index (κ3) is 5.48. The molecule has 7 heteroatoms. The van der Waals surface area contributed by atoms with E-state index in [1.54, 1.807) is 35.6 Å². The molecule has 1 aromatic heterocycles. The second-order valence-electron chi connectivity index (χ2n) is 6.50. The summed E-state index contributed by atoms with van der Waals surface area (Å²) in [5.41, 5.74) is 2.45. The highest BCUT2D eigenvalue weighted by Crippen LogP contribution is 2.17. The first-order valence-electron chi connectivity index (χ1n) is 8.79. The summed E-state index contributed by atoms with van der Waals surface area (Å²) in [7, 11) is 1.95. The van der Waals surface area contributed by atoms with Crippen molar-refractivity contribution in [2.75, 3.05) is 24.2 Å². The van der Waals surface area contributed by atoms with E-state index in [2.05, 4.69) is 16.0 Å². The van der Waals surface area contributed by atoms with Gasteiger partial charge in [-0.1, -0.05) is 12.1 Å². The zero-order chi connectivity index (χ0) is 19.9. The Balaban J connectivity index is 1.63. The molecule has 1 atom stereocenters. The highest BCUT2D eigenvalue weighted by atomic mass is 32.1. The predicted octanol–water partition coefficient (Wildman–Crippen LogP) is 2.79. The Morgan fingerprint density at radius 2 is 1.79 bits per heavy atom. The molecule has 0 saturated heterocycles.